The monoisotopic (exact) mass is 314 g/mol. The molecule has 1 heterocycles. The lowest BCUT2D eigenvalue weighted by Crippen LogP contribution is -2.04. The molecule has 0 radical (unpaired) electrons. The molecule has 5 heteroatoms. The van der Waals surface area contributed by atoms with Gasteiger partial charge < -0.3 is 9.55 Å². The maximum Gasteiger partial charge on any atom is 0.178 e. The Morgan fingerprint density at radius 2 is 2.35 bits per heavy atom. The van der Waals surface area contributed by atoms with Crippen LogP contribution in [0, 0.1) is 10.6 Å². The van der Waals surface area contributed by atoms with Crippen LogP contribution in [0.2, 0.25) is 0 Å². The Morgan fingerprint density at radius 3 is 3.00 bits per heavy atom. The number of aromatic nitrogens is 2. The highest BCUT2D eigenvalue weighted by Crippen LogP contribution is 2.26. The Morgan fingerprint density at radius 1 is 1.65 bits per heavy atom. The molecular weight excluding hydrogens is 303 g/mol. The first-order chi connectivity index (χ1) is 8.04. The van der Waals surface area contributed by atoms with Crippen molar-refractivity contribution in [2.75, 3.05) is 0 Å². The van der Waals surface area contributed by atoms with Gasteiger partial charge in [-0.25, -0.2) is 4.39 Å². The lowest BCUT2D eigenvalue weighted by atomic mass is 10.2. The Hall–Kier alpha value is -0.940. The third-order valence-corrected chi connectivity index (χ3v) is 3.61. The van der Waals surface area contributed by atoms with Crippen LogP contribution in [-0.2, 0) is 0 Å². The molecule has 17 heavy (non-hydrogen) atoms. The van der Waals surface area contributed by atoms with Crippen LogP contribution in [0.3, 0.4) is 0 Å². The summed E-state index contributed by atoms with van der Waals surface area (Å²) in [6, 6.07) is 3.36. The molecule has 0 fully saturated rings. The van der Waals surface area contributed by atoms with Crippen molar-refractivity contribution < 1.29 is 4.39 Å². The Labute approximate surface area is 112 Å². The third kappa shape index (κ3) is 2.21. The Bertz CT molecular complexity index is 629. The van der Waals surface area contributed by atoms with E-state index in [1.54, 1.807) is 6.07 Å². The molecule has 1 aromatic heterocycles. The van der Waals surface area contributed by atoms with Gasteiger partial charge in [0, 0.05) is 12.1 Å². The van der Waals surface area contributed by atoms with E-state index in [-0.39, 0.29) is 11.9 Å². The van der Waals surface area contributed by atoms with E-state index in [1.807, 2.05) is 17.6 Å². The number of hydrogen-bond donors (Lipinski definition) is 1. The Kier molecular flexibility index (Phi) is 3.49. The van der Waals surface area contributed by atoms with Crippen molar-refractivity contribution in [3.63, 3.8) is 0 Å². The van der Waals surface area contributed by atoms with Crippen LogP contribution in [0.1, 0.15) is 19.4 Å². The molecule has 0 saturated carbocycles. The molecule has 1 aromatic carbocycles. The van der Waals surface area contributed by atoms with Gasteiger partial charge in [0.1, 0.15) is 5.82 Å². The summed E-state index contributed by atoms with van der Waals surface area (Å²) in [7, 11) is 0. The lowest BCUT2D eigenvalue weighted by Gasteiger charge is -2.12. The number of allylic oxidation sites excluding steroid dienone is 1. The number of benzene rings is 1. The molecule has 0 saturated heterocycles. The van der Waals surface area contributed by atoms with Gasteiger partial charge in [-0.2, -0.15) is 0 Å². The number of rotatable bonds is 3. The fraction of sp³-hybridized carbons (Fsp3) is 0.250. The van der Waals surface area contributed by atoms with Crippen molar-refractivity contribution >= 4 is 39.2 Å². The van der Waals surface area contributed by atoms with Crippen molar-refractivity contribution in [3.8, 4) is 0 Å². The summed E-state index contributed by atoms with van der Waals surface area (Å²) >= 11 is 8.43. The van der Waals surface area contributed by atoms with Gasteiger partial charge in [0.05, 0.1) is 15.5 Å². The summed E-state index contributed by atoms with van der Waals surface area (Å²) in [5.41, 5.74) is 1.62. The molecule has 0 bridgehead atoms. The number of imidazole rings is 1. The second kappa shape index (κ2) is 4.74. The largest absolute Gasteiger partial charge is 0.331 e. The molecule has 2 nitrogen and oxygen atoms in total. The highest BCUT2D eigenvalue weighted by atomic mass is 79.9. The number of hydrogen-bond acceptors (Lipinski definition) is 1. The van der Waals surface area contributed by atoms with Crippen LogP contribution in [0.4, 0.5) is 4.39 Å². The van der Waals surface area contributed by atoms with Crippen LogP contribution in [0.5, 0.6) is 0 Å². The fourth-order valence-corrected chi connectivity index (χ4v) is 2.64. The van der Waals surface area contributed by atoms with E-state index >= 15 is 0 Å². The van der Waals surface area contributed by atoms with Crippen LogP contribution < -0.4 is 0 Å². The quantitative estimate of drug-likeness (QED) is 0.641. The van der Waals surface area contributed by atoms with Crippen LogP contribution in [-0.4, -0.2) is 9.55 Å². The van der Waals surface area contributed by atoms with E-state index in [9.17, 15) is 4.39 Å². The summed E-state index contributed by atoms with van der Waals surface area (Å²) in [5.74, 6) is -0.286. The van der Waals surface area contributed by atoms with Gasteiger partial charge >= 0.3 is 0 Å². The van der Waals surface area contributed by atoms with E-state index in [0.29, 0.717) is 9.24 Å². The third-order valence-electron chi connectivity index (χ3n) is 2.71. The zero-order chi connectivity index (χ0) is 12.6. The summed E-state index contributed by atoms with van der Waals surface area (Å²) in [6.07, 6.45) is 2.62. The van der Waals surface area contributed by atoms with Crippen molar-refractivity contribution in [1.29, 1.82) is 0 Å². The molecule has 1 N–H and O–H groups in total. The molecule has 0 aliphatic carbocycles. The summed E-state index contributed by atoms with van der Waals surface area (Å²) in [4.78, 5) is 3.08. The van der Waals surface area contributed by atoms with Crippen molar-refractivity contribution in [2.45, 2.75) is 19.4 Å². The van der Waals surface area contributed by atoms with Crippen molar-refractivity contribution in [2.24, 2.45) is 0 Å². The first kappa shape index (κ1) is 12.5. The van der Waals surface area contributed by atoms with E-state index < -0.39 is 0 Å². The van der Waals surface area contributed by atoms with Gasteiger partial charge in [-0.05, 0) is 47.6 Å². The van der Waals surface area contributed by atoms with Crippen LogP contribution in [0.15, 0.2) is 29.3 Å². The SMILES string of the molecule is C=CCC(C)n1c(=S)[nH]c2cc(Br)c(F)cc21. The molecule has 0 amide bonds. The minimum atomic E-state index is -0.286. The molecule has 2 rings (SSSR count). The van der Waals surface area contributed by atoms with Crippen molar-refractivity contribution in [3.05, 3.63) is 39.8 Å². The predicted octanol–water partition coefficient (Wildman–Crippen LogP) is 4.74. The molecule has 0 aliphatic heterocycles. The second-order valence-electron chi connectivity index (χ2n) is 3.96. The van der Waals surface area contributed by atoms with Gasteiger partial charge in [-0.15, -0.1) is 6.58 Å². The standard InChI is InChI=1S/C12H12BrFN2S/c1-3-4-7(2)16-11-6-9(14)8(13)5-10(11)15-12(16)17/h3,5-7H,1,4H2,2H3,(H,15,17). The Balaban J connectivity index is 2.70. The minimum Gasteiger partial charge on any atom is -0.331 e. The molecular formula is C12H12BrFN2S. The number of aromatic amines is 1. The number of fused-ring (bicyclic) bond motifs is 1. The minimum absolute atomic E-state index is 0.161. The summed E-state index contributed by atoms with van der Waals surface area (Å²) in [5, 5.41) is 0. The number of halogens is 2. The summed E-state index contributed by atoms with van der Waals surface area (Å²) < 4.78 is 16.5. The molecule has 1 unspecified atom stereocenters. The summed E-state index contributed by atoms with van der Waals surface area (Å²) in [6.45, 7) is 5.75. The first-order valence-electron chi connectivity index (χ1n) is 5.24. The second-order valence-corrected chi connectivity index (χ2v) is 5.20. The van der Waals surface area contributed by atoms with E-state index in [1.165, 1.54) is 6.07 Å². The first-order valence-corrected chi connectivity index (χ1v) is 6.45. The maximum atomic E-state index is 13.6. The van der Waals surface area contributed by atoms with E-state index in [2.05, 4.69) is 27.5 Å². The molecule has 1 atom stereocenters. The zero-order valence-electron chi connectivity index (χ0n) is 9.34. The number of nitrogens with zero attached hydrogens (tertiary/aromatic N) is 1. The van der Waals surface area contributed by atoms with Gasteiger partial charge in [0.15, 0.2) is 4.77 Å². The van der Waals surface area contributed by atoms with E-state index in [0.717, 1.165) is 17.5 Å². The highest BCUT2D eigenvalue weighted by Gasteiger charge is 2.12. The van der Waals surface area contributed by atoms with Gasteiger partial charge in [-0.3, -0.25) is 0 Å². The average molecular weight is 315 g/mol. The smallest absolute Gasteiger partial charge is 0.178 e. The predicted molar refractivity (Wildman–Crippen MR) is 74.3 cm³/mol. The molecule has 2 aromatic rings. The number of nitrogens with one attached hydrogen (secondary N) is 1. The average Bonchev–Trinajstić information content (AvgIpc) is 2.55. The maximum absolute atomic E-state index is 13.6. The molecule has 0 aliphatic rings. The van der Waals surface area contributed by atoms with Crippen LogP contribution >= 0.6 is 28.1 Å². The fourth-order valence-electron chi connectivity index (χ4n) is 1.90. The highest BCUT2D eigenvalue weighted by molar-refractivity contribution is 9.10. The van der Waals surface area contributed by atoms with Gasteiger partial charge in [-0.1, -0.05) is 6.08 Å². The van der Waals surface area contributed by atoms with Crippen molar-refractivity contribution in [1.82, 2.24) is 9.55 Å². The normalized spacial score (nSPS) is 12.9. The molecule has 0 spiro atoms. The van der Waals surface area contributed by atoms with Gasteiger partial charge in [0.2, 0.25) is 0 Å². The van der Waals surface area contributed by atoms with Crippen LogP contribution in [0.25, 0.3) is 11.0 Å². The number of H-pyrrole nitrogens is 1. The molecule has 90 valence electrons. The van der Waals surface area contributed by atoms with E-state index in [4.69, 9.17) is 12.2 Å². The topological polar surface area (TPSA) is 20.7 Å². The van der Waals surface area contributed by atoms with Gasteiger partial charge in [0.25, 0.3) is 0 Å². The zero-order valence-corrected chi connectivity index (χ0v) is 11.7. The lowest BCUT2D eigenvalue weighted by molar-refractivity contribution is 0.561.